The average molecular weight is 418 g/mol. The zero-order chi connectivity index (χ0) is 22.5. The maximum absolute atomic E-state index is 13.1. The molecule has 6 nitrogen and oxygen atoms in total. The number of hydrogen-bond acceptors (Lipinski definition) is 5. The van der Waals surface area contributed by atoms with Crippen molar-refractivity contribution in [3.8, 4) is 11.8 Å². The highest BCUT2D eigenvalue weighted by Crippen LogP contribution is 2.42. The smallest absolute Gasteiger partial charge is 0.294 e. The van der Waals surface area contributed by atoms with E-state index in [9.17, 15) is 14.7 Å². The lowest BCUT2D eigenvalue weighted by molar-refractivity contribution is -0.118. The van der Waals surface area contributed by atoms with Crippen LogP contribution in [0.3, 0.4) is 0 Å². The first-order chi connectivity index (χ1) is 14.9. The number of benzene rings is 2. The van der Waals surface area contributed by atoms with Crippen LogP contribution < -0.4 is 9.64 Å². The largest absolute Gasteiger partial charge is 0.503 e. The molecule has 1 N–H and O–H groups in total. The highest BCUT2D eigenvalue weighted by atomic mass is 16.5. The Kier molecular flexibility index (Phi) is 6.76. The normalized spacial score (nSPS) is 16.0. The molecule has 1 heterocycles. The molecule has 0 spiro atoms. The highest BCUT2D eigenvalue weighted by Gasteiger charge is 2.44. The number of hydrogen-bond donors (Lipinski definition) is 1. The lowest BCUT2D eigenvalue weighted by Gasteiger charge is -2.27. The molecule has 0 saturated carbocycles. The number of nitriles is 1. The van der Waals surface area contributed by atoms with Gasteiger partial charge in [0.25, 0.3) is 5.91 Å². The lowest BCUT2D eigenvalue weighted by atomic mass is 9.92. The van der Waals surface area contributed by atoms with Gasteiger partial charge >= 0.3 is 0 Å². The standard InChI is InChI=1S/C25H26N2O4/c1-4-12-31-20-7-5-6-18(14-20)23-22(21(28)13-16(2)3)24(29)25(30)27(23)19-10-8-17(15-26)9-11-19/h5-11,14,16,23,29H,4,12-13H2,1-3H3. The molecule has 0 fully saturated rings. The second-order valence-corrected chi connectivity index (χ2v) is 7.94. The first-order valence-electron chi connectivity index (χ1n) is 10.4. The number of carbonyl (C=O) groups is 2. The Labute approximate surface area is 182 Å². The third-order valence-electron chi connectivity index (χ3n) is 5.02. The molecule has 1 unspecified atom stereocenters. The van der Waals surface area contributed by atoms with Crippen LogP contribution in [0, 0.1) is 17.2 Å². The third-order valence-corrected chi connectivity index (χ3v) is 5.02. The summed E-state index contributed by atoms with van der Waals surface area (Å²) in [6, 6.07) is 15.0. The molecule has 6 heteroatoms. The van der Waals surface area contributed by atoms with Gasteiger partial charge in [-0.15, -0.1) is 0 Å². The second kappa shape index (κ2) is 9.48. The van der Waals surface area contributed by atoms with Crippen LogP contribution in [0.5, 0.6) is 5.75 Å². The topological polar surface area (TPSA) is 90.6 Å². The minimum absolute atomic E-state index is 0.0757. The SMILES string of the molecule is CCCOc1cccc(C2C(C(=O)CC(C)C)=C(O)C(=O)N2c2ccc(C#N)cc2)c1. The summed E-state index contributed by atoms with van der Waals surface area (Å²) in [5.41, 5.74) is 1.71. The van der Waals surface area contributed by atoms with Gasteiger partial charge in [-0.1, -0.05) is 32.9 Å². The van der Waals surface area contributed by atoms with Crippen LogP contribution in [0.15, 0.2) is 59.9 Å². The van der Waals surface area contributed by atoms with E-state index in [1.165, 1.54) is 4.90 Å². The van der Waals surface area contributed by atoms with Gasteiger partial charge in [-0.25, -0.2) is 0 Å². The molecule has 2 aromatic rings. The number of Topliss-reactive ketones (excluding diaryl/α,β-unsaturated/α-hetero) is 1. The number of aliphatic hydroxyl groups is 1. The fourth-order valence-corrected chi connectivity index (χ4v) is 3.64. The summed E-state index contributed by atoms with van der Waals surface area (Å²) in [4.78, 5) is 27.5. The van der Waals surface area contributed by atoms with E-state index in [-0.39, 0.29) is 23.7 Å². The summed E-state index contributed by atoms with van der Waals surface area (Å²) in [6.45, 7) is 6.39. The molecular formula is C25H26N2O4. The molecule has 1 aliphatic rings. The molecule has 160 valence electrons. The first kappa shape index (κ1) is 22.1. The molecule has 0 bridgehead atoms. The van der Waals surface area contributed by atoms with E-state index in [1.54, 1.807) is 30.3 Å². The number of ketones is 1. The highest BCUT2D eigenvalue weighted by molar-refractivity contribution is 6.16. The number of rotatable bonds is 8. The molecule has 0 radical (unpaired) electrons. The van der Waals surface area contributed by atoms with Crippen molar-refractivity contribution in [1.29, 1.82) is 5.26 Å². The van der Waals surface area contributed by atoms with Crippen molar-refractivity contribution in [3.63, 3.8) is 0 Å². The maximum Gasteiger partial charge on any atom is 0.294 e. The van der Waals surface area contributed by atoms with Crippen LogP contribution in [0.1, 0.15) is 50.8 Å². The van der Waals surface area contributed by atoms with Crippen molar-refractivity contribution >= 4 is 17.4 Å². The fourth-order valence-electron chi connectivity index (χ4n) is 3.64. The molecule has 0 aromatic heterocycles. The molecular weight excluding hydrogens is 392 g/mol. The van der Waals surface area contributed by atoms with Gasteiger partial charge in [-0.3, -0.25) is 14.5 Å². The predicted octanol–water partition coefficient (Wildman–Crippen LogP) is 4.86. The third kappa shape index (κ3) is 4.61. The van der Waals surface area contributed by atoms with Gasteiger partial charge in [-0.2, -0.15) is 5.26 Å². The van der Waals surface area contributed by atoms with Crippen LogP contribution in [0.4, 0.5) is 5.69 Å². The number of amides is 1. The second-order valence-electron chi connectivity index (χ2n) is 7.94. The number of aliphatic hydroxyl groups excluding tert-OH is 1. The zero-order valence-corrected chi connectivity index (χ0v) is 18.0. The molecule has 0 aliphatic carbocycles. The molecule has 31 heavy (non-hydrogen) atoms. The number of ether oxygens (including phenoxy) is 1. The molecule has 0 saturated heterocycles. The molecule has 3 rings (SSSR count). The van der Waals surface area contributed by atoms with Crippen molar-refractivity contribution in [2.75, 3.05) is 11.5 Å². The Bertz CT molecular complexity index is 1050. The minimum Gasteiger partial charge on any atom is -0.503 e. The van der Waals surface area contributed by atoms with Gasteiger partial charge < -0.3 is 9.84 Å². The van der Waals surface area contributed by atoms with Crippen LogP contribution in [0.2, 0.25) is 0 Å². The van der Waals surface area contributed by atoms with Gasteiger partial charge in [0, 0.05) is 12.1 Å². The van der Waals surface area contributed by atoms with Crippen molar-refractivity contribution < 1.29 is 19.4 Å². The van der Waals surface area contributed by atoms with Crippen molar-refractivity contribution in [3.05, 3.63) is 71.0 Å². The number of nitrogens with zero attached hydrogens (tertiary/aromatic N) is 2. The van der Waals surface area contributed by atoms with Crippen molar-refractivity contribution in [2.24, 2.45) is 5.92 Å². The first-order valence-corrected chi connectivity index (χ1v) is 10.4. The maximum atomic E-state index is 13.1. The van der Waals surface area contributed by atoms with Crippen LogP contribution in [-0.2, 0) is 9.59 Å². The summed E-state index contributed by atoms with van der Waals surface area (Å²) < 4.78 is 5.74. The van der Waals surface area contributed by atoms with E-state index in [1.807, 2.05) is 45.0 Å². The Morgan fingerprint density at radius 1 is 1.23 bits per heavy atom. The molecule has 1 atom stereocenters. The minimum atomic E-state index is -0.781. The van der Waals surface area contributed by atoms with E-state index in [0.29, 0.717) is 29.2 Å². The van der Waals surface area contributed by atoms with Gasteiger partial charge in [0.05, 0.1) is 29.9 Å². The Morgan fingerprint density at radius 2 is 1.94 bits per heavy atom. The van der Waals surface area contributed by atoms with Crippen LogP contribution in [0.25, 0.3) is 0 Å². The van der Waals surface area contributed by atoms with Crippen LogP contribution >= 0.6 is 0 Å². The van der Waals surface area contributed by atoms with E-state index in [0.717, 1.165) is 6.42 Å². The number of carbonyl (C=O) groups excluding carboxylic acids is 2. The zero-order valence-electron chi connectivity index (χ0n) is 18.0. The van der Waals surface area contributed by atoms with E-state index >= 15 is 0 Å². The lowest BCUT2D eigenvalue weighted by Crippen LogP contribution is -2.31. The van der Waals surface area contributed by atoms with Gasteiger partial charge in [0.15, 0.2) is 11.5 Å². The Hall–Kier alpha value is -3.59. The van der Waals surface area contributed by atoms with Crippen LogP contribution in [-0.4, -0.2) is 23.4 Å². The molecule has 1 amide bonds. The van der Waals surface area contributed by atoms with Gasteiger partial charge in [0.1, 0.15) is 5.75 Å². The summed E-state index contributed by atoms with van der Waals surface area (Å²) in [7, 11) is 0. The quantitative estimate of drug-likeness (QED) is 0.661. The van der Waals surface area contributed by atoms with Gasteiger partial charge in [0.2, 0.25) is 0 Å². The Morgan fingerprint density at radius 3 is 2.55 bits per heavy atom. The summed E-state index contributed by atoms with van der Waals surface area (Å²) >= 11 is 0. The molecule has 2 aromatic carbocycles. The van der Waals surface area contributed by atoms with Crippen molar-refractivity contribution in [1.82, 2.24) is 0 Å². The monoisotopic (exact) mass is 418 g/mol. The van der Waals surface area contributed by atoms with E-state index in [4.69, 9.17) is 10.00 Å². The summed E-state index contributed by atoms with van der Waals surface area (Å²) in [5, 5.41) is 19.8. The average Bonchev–Trinajstić information content (AvgIpc) is 3.03. The Balaban J connectivity index is 2.11. The van der Waals surface area contributed by atoms with Crippen molar-refractivity contribution in [2.45, 2.75) is 39.7 Å². The van der Waals surface area contributed by atoms with E-state index in [2.05, 4.69) is 0 Å². The number of anilines is 1. The fraction of sp³-hybridized carbons (Fsp3) is 0.320. The summed E-state index contributed by atoms with van der Waals surface area (Å²) in [6.07, 6.45) is 1.07. The molecule has 1 aliphatic heterocycles. The predicted molar refractivity (Wildman–Crippen MR) is 118 cm³/mol. The summed E-state index contributed by atoms with van der Waals surface area (Å²) in [5.74, 6) is -0.719. The van der Waals surface area contributed by atoms with E-state index < -0.39 is 17.7 Å². The van der Waals surface area contributed by atoms with Gasteiger partial charge in [-0.05, 0) is 54.3 Å².